The molecule has 0 aliphatic carbocycles. The van der Waals surface area contributed by atoms with E-state index >= 15 is 0 Å². The van der Waals surface area contributed by atoms with Gasteiger partial charge in [0.2, 0.25) is 5.91 Å². The Hall–Kier alpha value is -4.66. The molecule has 1 aliphatic rings. The topological polar surface area (TPSA) is 119 Å². The van der Waals surface area contributed by atoms with E-state index in [1.54, 1.807) is 24.8 Å². The number of amidine groups is 1. The minimum Gasteiger partial charge on any atom is -0.387 e. The number of benzene rings is 2. The summed E-state index contributed by atoms with van der Waals surface area (Å²) in [6, 6.07) is 11.7. The van der Waals surface area contributed by atoms with Crippen LogP contribution in [0.15, 0.2) is 76.5 Å². The second kappa shape index (κ2) is 12.0. The van der Waals surface area contributed by atoms with Crippen LogP contribution in [0.25, 0.3) is 28.0 Å². The highest BCUT2D eigenvalue weighted by Gasteiger charge is 2.21. The van der Waals surface area contributed by atoms with E-state index in [1.165, 1.54) is 4.68 Å². The van der Waals surface area contributed by atoms with Gasteiger partial charge in [-0.25, -0.2) is 9.67 Å². The number of aryl methyl sites for hydroxylation is 2. The van der Waals surface area contributed by atoms with E-state index in [2.05, 4.69) is 33.9 Å². The summed E-state index contributed by atoms with van der Waals surface area (Å²) >= 11 is 0. The third kappa shape index (κ3) is 5.83. The lowest BCUT2D eigenvalue weighted by atomic mass is 9.99. The Morgan fingerprint density at radius 1 is 1.02 bits per heavy atom. The van der Waals surface area contributed by atoms with Gasteiger partial charge in [-0.1, -0.05) is 32.0 Å². The zero-order chi connectivity index (χ0) is 28.1. The fraction of sp³-hybridized carbons (Fsp3) is 0.290. The van der Waals surface area contributed by atoms with E-state index in [9.17, 15) is 9.59 Å². The van der Waals surface area contributed by atoms with E-state index in [0.717, 1.165) is 53.7 Å². The first-order valence-corrected chi connectivity index (χ1v) is 13.7. The molecule has 9 heteroatoms. The van der Waals surface area contributed by atoms with Crippen molar-refractivity contribution in [2.24, 2.45) is 10.7 Å². The Balaban J connectivity index is 1.42. The number of nitrogens with two attached hydrogens (primary N) is 1. The Morgan fingerprint density at radius 2 is 1.80 bits per heavy atom. The molecular formula is C31H33N7O2. The molecule has 2 N–H and O–H groups in total. The van der Waals surface area contributed by atoms with Crippen LogP contribution in [0.5, 0.6) is 0 Å². The molecule has 0 radical (unpaired) electrons. The van der Waals surface area contributed by atoms with Crippen molar-refractivity contribution >= 4 is 34.3 Å². The van der Waals surface area contributed by atoms with E-state index in [-0.39, 0.29) is 11.5 Å². The fourth-order valence-electron chi connectivity index (χ4n) is 4.97. The normalized spacial score (nSPS) is 12.8. The van der Waals surface area contributed by atoms with E-state index in [4.69, 9.17) is 5.73 Å². The number of hydrogen-bond donors (Lipinski definition) is 1. The van der Waals surface area contributed by atoms with Gasteiger partial charge in [-0.3, -0.25) is 19.6 Å². The summed E-state index contributed by atoms with van der Waals surface area (Å²) in [5, 5.41) is 5.75. The van der Waals surface area contributed by atoms with Crippen molar-refractivity contribution in [1.82, 2.24) is 24.6 Å². The van der Waals surface area contributed by atoms with Gasteiger partial charge in [0.25, 0.3) is 5.56 Å². The van der Waals surface area contributed by atoms with Crippen LogP contribution in [0.3, 0.4) is 0 Å². The highest BCUT2D eigenvalue weighted by atomic mass is 16.2. The molecule has 0 saturated heterocycles. The predicted molar refractivity (Wildman–Crippen MR) is 158 cm³/mol. The first-order chi connectivity index (χ1) is 19.5. The van der Waals surface area contributed by atoms with Crippen molar-refractivity contribution in [2.75, 3.05) is 13.1 Å². The van der Waals surface area contributed by atoms with Crippen molar-refractivity contribution in [2.45, 2.75) is 46.1 Å². The number of fused-ring (bicyclic) bond motifs is 2. The summed E-state index contributed by atoms with van der Waals surface area (Å²) in [6.45, 7) is 6.01. The zero-order valence-corrected chi connectivity index (χ0v) is 22.9. The van der Waals surface area contributed by atoms with Gasteiger partial charge in [-0.2, -0.15) is 5.10 Å². The molecule has 0 bridgehead atoms. The summed E-state index contributed by atoms with van der Waals surface area (Å²) in [7, 11) is 0. The molecular weight excluding hydrogens is 502 g/mol. The highest BCUT2D eigenvalue weighted by Crippen LogP contribution is 2.33. The number of nitrogens with zero attached hydrogens (tertiary/aromatic N) is 6. The third-order valence-corrected chi connectivity index (χ3v) is 6.93. The maximum Gasteiger partial charge on any atom is 0.274 e. The van der Waals surface area contributed by atoms with Crippen LogP contribution in [-0.2, 0) is 17.8 Å². The third-order valence-electron chi connectivity index (χ3n) is 6.93. The van der Waals surface area contributed by atoms with E-state index in [1.807, 2.05) is 47.4 Å². The van der Waals surface area contributed by atoms with Crippen molar-refractivity contribution in [3.05, 3.63) is 88.4 Å². The van der Waals surface area contributed by atoms with Crippen LogP contribution in [-0.4, -0.2) is 49.5 Å². The molecule has 0 atom stereocenters. The minimum absolute atomic E-state index is 0.0168. The average Bonchev–Trinajstić information content (AvgIpc) is 3.14. The Bertz CT molecular complexity index is 1650. The van der Waals surface area contributed by atoms with Gasteiger partial charge in [0.05, 0.1) is 29.5 Å². The Morgan fingerprint density at radius 3 is 2.55 bits per heavy atom. The van der Waals surface area contributed by atoms with Crippen LogP contribution in [0, 0.1) is 0 Å². The van der Waals surface area contributed by atoms with E-state index < -0.39 is 0 Å². The first-order valence-electron chi connectivity index (χ1n) is 13.7. The standard InChI is InChI=1S/C31H33N7O2/c1-3-12-37(13-4-2)30(39)24-16-23-6-5-22(17-28(23)36-29(32)18-24)21-7-8-27-25(15-21)19-35-38(31(27)40)14-9-26-20-33-10-11-34-26/h5-8,10-11,15-17,19-20H,3-4,9,12-14,18H2,1-2H3,(H2,32,36). The molecule has 1 aliphatic heterocycles. The molecule has 0 fully saturated rings. The van der Waals surface area contributed by atoms with Crippen molar-refractivity contribution in [3.63, 3.8) is 0 Å². The monoisotopic (exact) mass is 535 g/mol. The second-order valence-electron chi connectivity index (χ2n) is 9.94. The number of carbonyl (C=O) groups is 1. The van der Waals surface area contributed by atoms with Crippen LogP contribution in [0.1, 0.15) is 44.4 Å². The predicted octanol–water partition coefficient (Wildman–Crippen LogP) is 4.52. The maximum atomic E-state index is 13.3. The SMILES string of the molecule is CCCN(CCC)C(=O)C1=Cc2ccc(-c3ccc4c(=O)n(CCc5cnccn5)ncc4c3)cc2N=C(N)C1. The summed E-state index contributed by atoms with van der Waals surface area (Å²) < 4.78 is 1.46. The molecule has 40 heavy (non-hydrogen) atoms. The fourth-order valence-corrected chi connectivity index (χ4v) is 4.97. The molecule has 0 unspecified atom stereocenters. The van der Waals surface area contributed by atoms with Crippen molar-refractivity contribution in [3.8, 4) is 11.1 Å². The highest BCUT2D eigenvalue weighted by molar-refractivity contribution is 6.05. The molecule has 0 saturated carbocycles. The first kappa shape index (κ1) is 26.9. The summed E-state index contributed by atoms with van der Waals surface area (Å²) in [5.41, 5.74) is 11.0. The van der Waals surface area contributed by atoms with Crippen molar-refractivity contribution in [1.29, 1.82) is 0 Å². The summed E-state index contributed by atoms with van der Waals surface area (Å²) in [6.07, 6.45) is 11.3. The molecule has 2 aromatic heterocycles. The van der Waals surface area contributed by atoms with Gasteiger partial charge in [0.15, 0.2) is 0 Å². The van der Waals surface area contributed by atoms with Gasteiger partial charge >= 0.3 is 0 Å². The number of rotatable bonds is 9. The Labute approximate surface area is 233 Å². The van der Waals surface area contributed by atoms with Gasteiger partial charge in [0, 0.05) is 61.0 Å². The second-order valence-corrected chi connectivity index (χ2v) is 9.94. The number of aromatic nitrogens is 4. The maximum absolute atomic E-state index is 13.3. The van der Waals surface area contributed by atoms with Crippen LogP contribution >= 0.6 is 0 Å². The molecule has 4 aromatic rings. The average molecular weight is 536 g/mol. The smallest absolute Gasteiger partial charge is 0.274 e. The molecule has 1 amide bonds. The van der Waals surface area contributed by atoms with Crippen LogP contribution in [0.4, 0.5) is 5.69 Å². The lowest BCUT2D eigenvalue weighted by Crippen LogP contribution is -2.34. The molecule has 5 rings (SSSR count). The lowest BCUT2D eigenvalue weighted by Gasteiger charge is -2.22. The van der Waals surface area contributed by atoms with Gasteiger partial charge in [0.1, 0.15) is 5.84 Å². The van der Waals surface area contributed by atoms with Crippen molar-refractivity contribution < 1.29 is 4.79 Å². The molecule has 3 heterocycles. The number of carbonyl (C=O) groups excluding carboxylic acids is 1. The van der Waals surface area contributed by atoms with Crippen LogP contribution < -0.4 is 11.3 Å². The summed E-state index contributed by atoms with van der Waals surface area (Å²) in [4.78, 5) is 41.2. The zero-order valence-electron chi connectivity index (χ0n) is 22.9. The number of hydrogen-bond acceptors (Lipinski definition) is 7. The van der Waals surface area contributed by atoms with Gasteiger partial charge in [-0.05, 0) is 48.2 Å². The summed E-state index contributed by atoms with van der Waals surface area (Å²) in [5.74, 6) is 0.427. The minimum atomic E-state index is -0.144. The molecule has 2 aromatic carbocycles. The van der Waals surface area contributed by atoms with E-state index in [0.29, 0.717) is 41.9 Å². The number of aliphatic imine (C=N–C) groups is 1. The van der Waals surface area contributed by atoms with Crippen LogP contribution in [0.2, 0.25) is 0 Å². The molecule has 9 nitrogen and oxygen atoms in total. The van der Waals surface area contributed by atoms with Gasteiger partial charge < -0.3 is 10.6 Å². The lowest BCUT2D eigenvalue weighted by molar-refractivity contribution is -0.127. The Kier molecular flexibility index (Phi) is 8.10. The molecule has 204 valence electrons. The van der Waals surface area contributed by atoms with Gasteiger partial charge in [-0.15, -0.1) is 0 Å². The molecule has 0 spiro atoms. The number of amides is 1. The largest absolute Gasteiger partial charge is 0.387 e. The quantitative estimate of drug-likeness (QED) is 0.337.